The number of hydrogen-bond donors (Lipinski definition) is 2. The second-order valence-electron chi connectivity index (χ2n) is 6.88. The largest absolute Gasteiger partial charge is 0.444 e. The van der Waals surface area contributed by atoms with Crippen LogP contribution in [0.25, 0.3) is 0 Å². The molecule has 0 spiro atoms. The second kappa shape index (κ2) is 8.59. The quantitative estimate of drug-likeness (QED) is 0.792. The summed E-state index contributed by atoms with van der Waals surface area (Å²) < 4.78 is 10.8. The van der Waals surface area contributed by atoms with Gasteiger partial charge in [0.25, 0.3) is 0 Å². The molecule has 0 aromatic rings. The van der Waals surface area contributed by atoms with Crippen LogP contribution in [0.2, 0.25) is 0 Å². The lowest BCUT2D eigenvalue weighted by atomic mass is 9.91. The topological polar surface area (TPSA) is 59.6 Å². The minimum atomic E-state index is -0.441. The fraction of sp³-hybridized carbons (Fsp3) is 0.938. The van der Waals surface area contributed by atoms with Crippen molar-refractivity contribution in [2.75, 3.05) is 13.2 Å². The highest BCUT2D eigenvalue weighted by molar-refractivity contribution is 5.68. The number of rotatable bonds is 6. The van der Waals surface area contributed by atoms with Gasteiger partial charge in [0.1, 0.15) is 5.60 Å². The van der Waals surface area contributed by atoms with E-state index in [1.807, 2.05) is 27.7 Å². The molecule has 3 unspecified atom stereocenters. The third kappa shape index (κ3) is 8.27. The van der Waals surface area contributed by atoms with Gasteiger partial charge in [-0.15, -0.1) is 0 Å². The predicted octanol–water partition coefficient (Wildman–Crippen LogP) is 2.84. The molecule has 0 aromatic heterocycles. The Balaban J connectivity index is 2.30. The zero-order valence-electron chi connectivity index (χ0n) is 14.2. The van der Waals surface area contributed by atoms with Gasteiger partial charge in [0.2, 0.25) is 0 Å². The van der Waals surface area contributed by atoms with Crippen molar-refractivity contribution < 1.29 is 14.3 Å². The van der Waals surface area contributed by atoms with E-state index in [0.29, 0.717) is 6.04 Å². The second-order valence-corrected chi connectivity index (χ2v) is 6.88. The molecule has 3 atom stereocenters. The Hall–Kier alpha value is -0.810. The summed E-state index contributed by atoms with van der Waals surface area (Å²) in [7, 11) is 0. The van der Waals surface area contributed by atoms with E-state index < -0.39 is 5.60 Å². The molecule has 2 N–H and O–H groups in total. The van der Waals surface area contributed by atoms with Crippen molar-refractivity contribution in [1.82, 2.24) is 10.6 Å². The highest BCUT2D eigenvalue weighted by atomic mass is 16.6. The maximum Gasteiger partial charge on any atom is 0.407 e. The first kappa shape index (κ1) is 18.2. The molecule has 1 aliphatic carbocycles. The van der Waals surface area contributed by atoms with Crippen LogP contribution in [0, 0.1) is 0 Å². The van der Waals surface area contributed by atoms with Gasteiger partial charge in [-0.1, -0.05) is 0 Å². The first-order valence-electron chi connectivity index (χ1n) is 8.14. The van der Waals surface area contributed by atoms with Gasteiger partial charge in [0.05, 0.1) is 6.10 Å². The highest BCUT2D eigenvalue weighted by Gasteiger charge is 2.25. The van der Waals surface area contributed by atoms with E-state index in [-0.39, 0.29) is 18.2 Å². The summed E-state index contributed by atoms with van der Waals surface area (Å²) in [6, 6.07) is 0.648. The van der Waals surface area contributed by atoms with Crippen LogP contribution < -0.4 is 10.6 Å². The molecule has 1 aliphatic rings. The minimum Gasteiger partial charge on any atom is -0.444 e. The fourth-order valence-electron chi connectivity index (χ4n) is 2.66. The SMILES string of the molecule is CCOC(C)CNC1CCCC(NC(=O)OC(C)(C)C)C1. The molecule has 1 rings (SSSR count). The Bertz CT molecular complexity index is 315. The molecule has 0 radical (unpaired) electrons. The van der Waals surface area contributed by atoms with Crippen LogP contribution in [0.4, 0.5) is 4.79 Å². The average molecular weight is 300 g/mol. The van der Waals surface area contributed by atoms with Crippen molar-refractivity contribution in [3.05, 3.63) is 0 Å². The summed E-state index contributed by atoms with van der Waals surface area (Å²) in [5, 5.41) is 6.53. The van der Waals surface area contributed by atoms with Crippen LogP contribution >= 0.6 is 0 Å². The molecule has 0 saturated heterocycles. The lowest BCUT2D eigenvalue weighted by Gasteiger charge is -2.31. The number of carbonyl (C=O) groups is 1. The van der Waals surface area contributed by atoms with Crippen molar-refractivity contribution >= 4 is 6.09 Å². The number of nitrogens with one attached hydrogen (secondary N) is 2. The molecule has 21 heavy (non-hydrogen) atoms. The highest BCUT2D eigenvalue weighted by Crippen LogP contribution is 2.19. The number of alkyl carbamates (subject to hydrolysis) is 1. The molecule has 0 aromatic carbocycles. The van der Waals surface area contributed by atoms with Crippen LogP contribution in [-0.2, 0) is 9.47 Å². The maximum atomic E-state index is 11.8. The van der Waals surface area contributed by atoms with Crippen molar-refractivity contribution in [2.24, 2.45) is 0 Å². The van der Waals surface area contributed by atoms with Gasteiger partial charge in [-0.2, -0.15) is 0 Å². The smallest absolute Gasteiger partial charge is 0.407 e. The first-order chi connectivity index (χ1) is 9.80. The Morgan fingerprint density at radius 2 is 1.95 bits per heavy atom. The van der Waals surface area contributed by atoms with Gasteiger partial charge in [-0.05, 0) is 60.3 Å². The molecular formula is C16H32N2O3. The Labute approximate surface area is 129 Å². The third-order valence-corrected chi connectivity index (χ3v) is 3.54. The monoisotopic (exact) mass is 300 g/mol. The van der Waals surface area contributed by atoms with Crippen LogP contribution in [0.1, 0.15) is 60.3 Å². The van der Waals surface area contributed by atoms with Gasteiger partial charge in [-0.3, -0.25) is 0 Å². The molecule has 0 bridgehead atoms. The molecule has 5 heteroatoms. The molecular weight excluding hydrogens is 268 g/mol. The number of carbonyl (C=O) groups excluding carboxylic acids is 1. The van der Waals surface area contributed by atoms with E-state index in [1.54, 1.807) is 0 Å². The van der Waals surface area contributed by atoms with Crippen LogP contribution in [0.15, 0.2) is 0 Å². The van der Waals surface area contributed by atoms with Crippen molar-refractivity contribution in [3.63, 3.8) is 0 Å². The summed E-state index contributed by atoms with van der Waals surface area (Å²) in [5.41, 5.74) is -0.441. The number of ether oxygens (including phenoxy) is 2. The number of amides is 1. The molecule has 1 fully saturated rings. The van der Waals surface area contributed by atoms with Crippen molar-refractivity contribution in [3.8, 4) is 0 Å². The zero-order valence-corrected chi connectivity index (χ0v) is 14.2. The van der Waals surface area contributed by atoms with Crippen LogP contribution in [0.5, 0.6) is 0 Å². The normalized spacial score (nSPS) is 24.4. The van der Waals surface area contributed by atoms with E-state index in [9.17, 15) is 4.79 Å². The Morgan fingerprint density at radius 3 is 2.57 bits per heavy atom. The Kier molecular flexibility index (Phi) is 7.46. The Morgan fingerprint density at radius 1 is 1.29 bits per heavy atom. The lowest BCUT2D eigenvalue weighted by molar-refractivity contribution is 0.0482. The molecule has 5 nitrogen and oxygen atoms in total. The average Bonchev–Trinajstić information content (AvgIpc) is 2.35. The zero-order chi connectivity index (χ0) is 15.9. The van der Waals surface area contributed by atoms with E-state index in [1.165, 1.54) is 0 Å². The standard InChI is InChI=1S/C16H32N2O3/c1-6-20-12(2)11-17-13-8-7-9-14(10-13)18-15(19)21-16(3,4)5/h12-14,17H,6-11H2,1-5H3,(H,18,19). The summed E-state index contributed by atoms with van der Waals surface area (Å²) in [6.45, 7) is 11.3. The first-order valence-corrected chi connectivity index (χ1v) is 8.14. The van der Waals surface area contributed by atoms with E-state index >= 15 is 0 Å². The van der Waals surface area contributed by atoms with Crippen molar-refractivity contribution in [1.29, 1.82) is 0 Å². The van der Waals surface area contributed by atoms with E-state index in [4.69, 9.17) is 9.47 Å². The third-order valence-electron chi connectivity index (χ3n) is 3.54. The fourth-order valence-corrected chi connectivity index (χ4v) is 2.66. The van der Waals surface area contributed by atoms with Gasteiger partial charge >= 0.3 is 6.09 Å². The predicted molar refractivity (Wildman–Crippen MR) is 84.5 cm³/mol. The van der Waals surface area contributed by atoms with Gasteiger partial charge in [-0.25, -0.2) is 4.79 Å². The molecule has 1 amide bonds. The lowest BCUT2D eigenvalue weighted by Crippen LogP contribution is -2.46. The van der Waals surface area contributed by atoms with E-state index in [2.05, 4.69) is 17.6 Å². The molecule has 124 valence electrons. The van der Waals surface area contributed by atoms with Crippen LogP contribution in [0.3, 0.4) is 0 Å². The minimum absolute atomic E-state index is 0.202. The van der Waals surface area contributed by atoms with E-state index in [0.717, 1.165) is 38.8 Å². The molecule has 0 aliphatic heterocycles. The summed E-state index contributed by atoms with van der Waals surface area (Å²) >= 11 is 0. The number of hydrogen-bond acceptors (Lipinski definition) is 4. The maximum absolute atomic E-state index is 11.8. The summed E-state index contributed by atoms with van der Waals surface area (Å²) in [4.78, 5) is 11.8. The summed E-state index contributed by atoms with van der Waals surface area (Å²) in [6.07, 6.45) is 4.19. The molecule has 0 heterocycles. The van der Waals surface area contributed by atoms with Crippen molar-refractivity contribution in [2.45, 2.75) is 84.1 Å². The van der Waals surface area contributed by atoms with Crippen LogP contribution in [-0.4, -0.2) is 43.0 Å². The van der Waals surface area contributed by atoms with Gasteiger partial charge in [0, 0.05) is 25.2 Å². The molecule has 1 saturated carbocycles. The summed E-state index contributed by atoms with van der Waals surface area (Å²) in [5.74, 6) is 0. The van der Waals surface area contributed by atoms with Gasteiger partial charge in [0.15, 0.2) is 0 Å². The van der Waals surface area contributed by atoms with Gasteiger partial charge < -0.3 is 20.1 Å².